The first-order valence-electron chi connectivity index (χ1n) is 15.1. The topological polar surface area (TPSA) is 87.5 Å². The van der Waals surface area contributed by atoms with Gasteiger partial charge in [-0.25, -0.2) is 18.3 Å². The molecular weight excluding hydrogens is 699 g/mol. The first-order chi connectivity index (χ1) is 23.2. The number of likely N-dealkylation sites (tertiary alicyclic amines) is 1. The Bertz CT molecular complexity index is 1700. The van der Waals surface area contributed by atoms with Crippen molar-refractivity contribution in [3.8, 4) is 0 Å². The second-order valence-corrected chi connectivity index (χ2v) is 12.2. The molecule has 2 fully saturated rings. The van der Waals surface area contributed by atoms with Gasteiger partial charge in [0.15, 0.2) is 0 Å². The highest BCUT2D eigenvalue weighted by atomic mass is 19.4. The molecule has 0 spiro atoms. The molecule has 3 amide bonds. The number of alkyl halides is 9. The molecule has 1 saturated carbocycles. The Labute approximate surface area is 276 Å². The molecule has 9 nitrogen and oxygen atoms in total. The molecule has 2 heterocycles. The molecule has 2 atom stereocenters. The first-order valence-corrected chi connectivity index (χ1v) is 15.1. The fourth-order valence-corrected chi connectivity index (χ4v) is 6.54. The molecule has 3 aromatic rings. The summed E-state index contributed by atoms with van der Waals surface area (Å²) in [6, 6.07) is 0.359. The van der Waals surface area contributed by atoms with Crippen LogP contribution in [0.15, 0.2) is 36.4 Å². The average Bonchev–Trinajstić information content (AvgIpc) is 3.71. The highest BCUT2D eigenvalue weighted by Gasteiger charge is 2.45. The number of carbonyl (C=O) groups excluding carboxylic acids is 2. The van der Waals surface area contributed by atoms with Crippen molar-refractivity contribution in [2.75, 3.05) is 32.1 Å². The summed E-state index contributed by atoms with van der Waals surface area (Å²) in [5, 5.41) is 9.60. The zero-order chi connectivity index (χ0) is 36.9. The number of nitrogens with zero attached hydrogens (tertiary/aromatic N) is 7. The van der Waals surface area contributed by atoms with Crippen LogP contribution in [0.25, 0.3) is 0 Å². The number of hydrogen-bond donors (Lipinski definition) is 0. The summed E-state index contributed by atoms with van der Waals surface area (Å²) < 4.78 is 151. The van der Waals surface area contributed by atoms with E-state index in [1.807, 2.05) is 0 Å². The average molecular weight is 728 g/mol. The van der Waals surface area contributed by atoms with Crippen LogP contribution < -0.4 is 4.90 Å². The quantitative estimate of drug-likeness (QED) is 0.267. The van der Waals surface area contributed by atoms with Gasteiger partial charge in [-0.1, -0.05) is 6.07 Å². The van der Waals surface area contributed by atoms with E-state index in [-0.39, 0.29) is 50.4 Å². The van der Waals surface area contributed by atoms with Gasteiger partial charge in [0, 0.05) is 50.8 Å². The van der Waals surface area contributed by atoms with Gasteiger partial charge in [0.05, 0.1) is 23.2 Å². The Balaban J connectivity index is 1.38. The first kappa shape index (κ1) is 36.8. The van der Waals surface area contributed by atoms with Gasteiger partial charge in [0.2, 0.25) is 5.91 Å². The number of anilines is 1. The number of likely N-dealkylation sites (N-methyl/N-ethyl adjacent to an activating group) is 1. The maximum absolute atomic E-state index is 15.1. The lowest BCUT2D eigenvalue weighted by atomic mass is 9.85. The lowest BCUT2D eigenvalue weighted by Crippen LogP contribution is -2.48. The van der Waals surface area contributed by atoms with Crippen LogP contribution in [0, 0.1) is 17.6 Å². The molecule has 20 heteroatoms. The van der Waals surface area contributed by atoms with Gasteiger partial charge in [-0.15, -0.1) is 5.10 Å². The van der Waals surface area contributed by atoms with Crippen molar-refractivity contribution in [3.63, 3.8) is 0 Å². The maximum atomic E-state index is 15.1. The third-order valence-corrected chi connectivity index (χ3v) is 9.15. The van der Waals surface area contributed by atoms with E-state index in [1.54, 1.807) is 0 Å². The normalized spacial score (nSPS) is 21.7. The van der Waals surface area contributed by atoms with E-state index in [2.05, 4.69) is 15.5 Å². The molecule has 2 aliphatic rings. The molecular formula is C30H28F11N7O2. The summed E-state index contributed by atoms with van der Waals surface area (Å²) in [5.74, 6) is -5.39. The van der Waals surface area contributed by atoms with Crippen LogP contribution in [-0.2, 0) is 23.3 Å². The van der Waals surface area contributed by atoms with E-state index < -0.39 is 88.7 Å². The van der Waals surface area contributed by atoms with Gasteiger partial charge < -0.3 is 9.80 Å². The number of hydrogen-bond acceptors (Lipinski definition) is 5. The zero-order valence-corrected chi connectivity index (χ0v) is 26.1. The van der Waals surface area contributed by atoms with Gasteiger partial charge in [-0.2, -0.15) is 39.5 Å². The molecule has 50 heavy (non-hydrogen) atoms. The minimum absolute atomic E-state index is 0.0924. The maximum Gasteiger partial charge on any atom is 0.453 e. The van der Waals surface area contributed by atoms with Crippen molar-refractivity contribution < 1.29 is 57.9 Å². The third kappa shape index (κ3) is 7.47. The van der Waals surface area contributed by atoms with E-state index in [1.165, 1.54) is 11.9 Å². The predicted molar refractivity (Wildman–Crippen MR) is 151 cm³/mol. The minimum atomic E-state index is -5.19. The van der Waals surface area contributed by atoms with Crippen LogP contribution in [0.1, 0.15) is 60.2 Å². The molecule has 0 bridgehead atoms. The molecule has 1 aromatic heterocycles. The van der Waals surface area contributed by atoms with Crippen LogP contribution in [0.3, 0.4) is 0 Å². The smallest absolute Gasteiger partial charge is 0.340 e. The molecule has 1 aliphatic carbocycles. The van der Waals surface area contributed by atoms with E-state index in [0.29, 0.717) is 27.8 Å². The zero-order valence-electron chi connectivity index (χ0n) is 26.1. The van der Waals surface area contributed by atoms with Crippen molar-refractivity contribution >= 4 is 17.6 Å². The Kier molecular flexibility index (Phi) is 9.78. The summed E-state index contributed by atoms with van der Waals surface area (Å²) in [5.41, 5.74) is -4.15. The summed E-state index contributed by atoms with van der Waals surface area (Å²) in [6.45, 7) is -0.460. The number of urea groups is 1. The van der Waals surface area contributed by atoms with Gasteiger partial charge in [0.1, 0.15) is 11.6 Å². The number of halogens is 11. The van der Waals surface area contributed by atoms with Crippen LogP contribution >= 0.6 is 0 Å². The lowest BCUT2D eigenvalue weighted by Gasteiger charge is -2.33. The molecule has 2 unspecified atom stereocenters. The van der Waals surface area contributed by atoms with E-state index in [4.69, 9.17) is 0 Å². The summed E-state index contributed by atoms with van der Waals surface area (Å²) in [7, 11) is 2.13. The standard InChI is InChI=1S/C30H28F11N7O2/c1-45(20-10-16(28(33,34)35)9-17(11-20)29(36,37)38)27(50)46(2)24-14-47(13-22(24)21-8-5-18(31)12-23(21)32)25(49)15-3-6-19(7-4-15)48-26(30(39,40)41)42-43-44-48/h5,8-12,15,19,22,24H,3-4,6-7,13-14H2,1-2H3. The predicted octanol–water partition coefficient (Wildman–Crippen LogP) is 6.92. The molecule has 2 aromatic carbocycles. The molecule has 272 valence electrons. The molecule has 5 rings (SSSR count). The van der Waals surface area contributed by atoms with Gasteiger partial charge in [-0.05, 0) is 65.9 Å². The third-order valence-electron chi connectivity index (χ3n) is 9.15. The van der Waals surface area contributed by atoms with Crippen molar-refractivity contribution in [1.82, 2.24) is 30.0 Å². The largest absolute Gasteiger partial charge is 0.453 e. The van der Waals surface area contributed by atoms with Gasteiger partial charge in [-0.3, -0.25) is 9.69 Å². The fraction of sp³-hybridized carbons (Fsp3) is 0.500. The molecule has 0 N–H and O–H groups in total. The summed E-state index contributed by atoms with van der Waals surface area (Å²) in [6.07, 6.45) is -14.7. The minimum Gasteiger partial charge on any atom is -0.340 e. The van der Waals surface area contributed by atoms with Crippen LogP contribution in [-0.4, -0.2) is 75.2 Å². The van der Waals surface area contributed by atoms with E-state index in [0.717, 1.165) is 24.1 Å². The van der Waals surface area contributed by atoms with Crippen LogP contribution in [0.2, 0.25) is 0 Å². The van der Waals surface area contributed by atoms with Crippen molar-refractivity contribution in [3.05, 3.63) is 70.5 Å². The van der Waals surface area contributed by atoms with E-state index >= 15 is 4.39 Å². The van der Waals surface area contributed by atoms with Crippen LogP contribution in [0.4, 0.5) is 58.8 Å². The second-order valence-electron chi connectivity index (χ2n) is 12.2. The summed E-state index contributed by atoms with van der Waals surface area (Å²) >= 11 is 0. The van der Waals surface area contributed by atoms with Gasteiger partial charge in [0.25, 0.3) is 5.82 Å². The van der Waals surface area contributed by atoms with Crippen molar-refractivity contribution in [2.24, 2.45) is 5.92 Å². The van der Waals surface area contributed by atoms with Crippen molar-refractivity contribution in [2.45, 2.75) is 62.2 Å². The number of benzene rings is 2. The fourth-order valence-electron chi connectivity index (χ4n) is 6.54. The number of tetrazole rings is 1. The number of aromatic nitrogens is 4. The number of carbonyl (C=O) groups is 2. The molecule has 1 aliphatic heterocycles. The van der Waals surface area contributed by atoms with Crippen molar-refractivity contribution in [1.29, 1.82) is 0 Å². The Morgan fingerprint density at radius 3 is 1.94 bits per heavy atom. The van der Waals surface area contributed by atoms with Gasteiger partial charge >= 0.3 is 24.6 Å². The highest BCUT2D eigenvalue weighted by Crippen LogP contribution is 2.41. The summed E-state index contributed by atoms with van der Waals surface area (Å²) in [4.78, 5) is 30.2. The Morgan fingerprint density at radius 2 is 1.40 bits per heavy atom. The lowest BCUT2D eigenvalue weighted by molar-refractivity contribution is -0.149. The number of rotatable bonds is 5. The Hall–Kier alpha value is -4.52. The number of amides is 3. The van der Waals surface area contributed by atoms with Crippen LogP contribution in [0.5, 0.6) is 0 Å². The SMILES string of the molecule is CN(C(=O)N(C)C1CN(C(=O)C2CCC(n3nnnc3C(F)(F)F)CC2)CC1c1ccc(F)cc1F)c1cc(C(F)(F)F)cc(C(F)(F)F)c1. The van der Waals surface area contributed by atoms with E-state index in [9.17, 15) is 53.5 Å². The molecule has 1 saturated heterocycles. The second kappa shape index (κ2) is 13.3. The molecule has 0 radical (unpaired) electrons. The highest BCUT2D eigenvalue weighted by molar-refractivity contribution is 5.92. The Morgan fingerprint density at radius 1 is 0.800 bits per heavy atom. The monoisotopic (exact) mass is 727 g/mol.